The van der Waals surface area contributed by atoms with Crippen molar-refractivity contribution in [2.75, 3.05) is 19.7 Å². The molecule has 5 rings (SSSR count). The van der Waals surface area contributed by atoms with E-state index in [2.05, 4.69) is 23.0 Å². The van der Waals surface area contributed by atoms with Crippen LogP contribution in [0.2, 0.25) is 0 Å². The number of fused-ring (bicyclic) bond motifs is 1. The Morgan fingerprint density at radius 2 is 1.81 bits per heavy atom. The molecule has 0 atom stereocenters. The lowest BCUT2D eigenvalue weighted by Crippen LogP contribution is -2.40. The number of aliphatic hydroxyl groups excluding tert-OH is 1. The average molecular weight is 522 g/mol. The van der Waals surface area contributed by atoms with Crippen LogP contribution in [0.25, 0.3) is 22.2 Å². The summed E-state index contributed by atoms with van der Waals surface area (Å²) in [5.74, 6) is 0.376. The summed E-state index contributed by atoms with van der Waals surface area (Å²) < 4.78 is 30.2. The minimum absolute atomic E-state index is 0.195. The van der Waals surface area contributed by atoms with Gasteiger partial charge in [-0.15, -0.1) is 0 Å². The quantitative estimate of drug-likeness (QED) is 0.351. The predicted molar refractivity (Wildman–Crippen MR) is 145 cm³/mol. The van der Waals surface area contributed by atoms with Crippen molar-refractivity contribution in [1.29, 1.82) is 0 Å². The lowest BCUT2D eigenvalue weighted by molar-refractivity contribution is 0.119. The molecule has 4 aromatic rings. The number of aromatic nitrogens is 4. The first-order chi connectivity index (χ1) is 17.9. The molecule has 0 bridgehead atoms. The SMILES string of the molecule is CCCN(CCO)C1CCC(c2cnc3c(c2)c(-c2cnn(C)c2)cn3S(=O)(=O)c2ccccc2)CC1. The van der Waals surface area contributed by atoms with Crippen molar-refractivity contribution in [1.82, 2.24) is 23.6 Å². The number of aryl methyl sites for hydroxylation is 1. The van der Waals surface area contributed by atoms with Gasteiger partial charge in [-0.1, -0.05) is 25.1 Å². The van der Waals surface area contributed by atoms with E-state index in [1.165, 1.54) is 3.97 Å². The smallest absolute Gasteiger partial charge is 0.269 e. The molecule has 0 radical (unpaired) electrons. The summed E-state index contributed by atoms with van der Waals surface area (Å²) in [6.07, 6.45) is 12.5. The summed E-state index contributed by atoms with van der Waals surface area (Å²) in [4.78, 5) is 7.38. The molecule has 1 N–H and O–H groups in total. The van der Waals surface area contributed by atoms with E-state index in [-0.39, 0.29) is 11.5 Å². The number of hydrogen-bond donors (Lipinski definition) is 1. The maximum atomic E-state index is 13.6. The lowest BCUT2D eigenvalue weighted by Gasteiger charge is -2.36. The zero-order valence-electron chi connectivity index (χ0n) is 21.5. The van der Waals surface area contributed by atoms with E-state index in [1.807, 2.05) is 19.4 Å². The third kappa shape index (κ3) is 5.08. The standard InChI is InChI=1S/C28H35N5O3S/c1-3-13-32(14-15-34)24-11-9-21(10-12-24)22-16-26-27(23-18-30-31(2)19-23)20-33(28(26)29-17-22)37(35,36)25-7-5-4-6-8-25/h4-8,16-21,24,34H,3,9-15H2,1-2H3. The molecule has 0 unspecified atom stereocenters. The molecular formula is C28H35N5O3S. The van der Waals surface area contributed by atoms with Gasteiger partial charge in [-0.2, -0.15) is 5.10 Å². The van der Waals surface area contributed by atoms with Crippen molar-refractivity contribution in [3.8, 4) is 11.1 Å². The highest BCUT2D eigenvalue weighted by Crippen LogP contribution is 2.38. The van der Waals surface area contributed by atoms with Gasteiger partial charge >= 0.3 is 0 Å². The summed E-state index contributed by atoms with van der Waals surface area (Å²) in [5, 5.41) is 14.6. The molecule has 9 heteroatoms. The number of rotatable bonds is 9. The summed E-state index contributed by atoms with van der Waals surface area (Å²) in [7, 11) is -1.96. The summed E-state index contributed by atoms with van der Waals surface area (Å²) in [6.45, 7) is 4.12. The van der Waals surface area contributed by atoms with E-state index < -0.39 is 10.0 Å². The molecule has 3 heterocycles. The Kier molecular flexibility index (Phi) is 7.46. The minimum atomic E-state index is -3.81. The molecule has 0 spiro atoms. The van der Waals surface area contributed by atoms with Crippen LogP contribution in [0.3, 0.4) is 0 Å². The molecule has 1 aliphatic carbocycles. The Balaban J connectivity index is 1.51. The van der Waals surface area contributed by atoms with Gasteiger partial charge in [-0.05, 0) is 68.3 Å². The van der Waals surface area contributed by atoms with Crippen LogP contribution in [0.15, 0.2) is 66.1 Å². The van der Waals surface area contributed by atoms with Crippen molar-refractivity contribution in [3.63, 3.8) is 0 Å². The van der Waals surface area contributed by atoms with Crippen LogP contribution in [0.1, 0.15) is 50.5 Å². The first-order valence-corrected chi connectivity index (χ1v) is 14.5. The number of nitrogens with zero attached hydrogens (tertiary/aromatic N) is 5. The lowest BCUT2D eigenvalue weighted by atomic mass is 9.81. The fraction of sp³-hybridized carbons (Fsp3) is 0.429. The van der Waals surface area contributed by atoms with Crippen LogP contribution < -0.4 is 0 Å². The second kappa shape index (κ2) is 10.8. The van der Waals surface area contributed by atoms with Gasteiger partial charge in [0.25, 0.3) is 10.0 Å². The molecule has 37 heavy (non-hydrogen) atoms. The molecule has 1 fully saturated rings. The van der Waals surface area contributed by atoms with Crippen LogP contribution in [0.4, 0.5) is 0 Å². The Hall–Kier alpha value is -3.01. The van der Waals surface area contributed by atoms with Crippen molar-refractivity contribution in [2.24, 2.45) is 7.05 Å². The Labute approximate surface area is 218 Å². The Morgan fingerprint density at radius 3 is 2.46 bits per heavy atom. The predicted octanol–water partition coefficient (Wildman–Crippen LogP) is 4.40. The van der Waals surface area contributed by atoms with Crippen molar-refractivity contribution in [2.45, 2.75) is 55.9 Å². The second-order valence-corrected chi connectivity index (χ2v) is 11.8. The highest BCUT2D eigenvalue weighted by molar-refractivity contribution is 7.90. The van der Waals surface area contributed by atoms with Gasteiger partial charge in [0.05, 0.1) is 17.7 Å². The highest BCUT2D eigenvalue weighted by Gasteiger charge is 2.28. The maximum absolute atomic E-state index is 13.6. The molecular weight excluding hydrogens is 486 g/mol. The number of benzene rings is 1. The van der Waals surface area contributed by atoms with Crippen LogP contribution >= 0.6 is 0 Å². The third-order valence-electron chi connectivity index (χ3n) is 7.53. The minimum Gasteiger partial charge on any atom is -0.395 e. The van der Waals surface area contributed by atoms with Gasteiger partial charge in [0.15, 0.2) is 5.65 Å². The van der Waals surface area contributed by atoms with Gasteiger partial charge in [0.2, 0.25) is 0 Å². The van der Waals surface area contributed by atoms with E-state index >= 15 is 0 Å². The third-order valence-corrected chi connectivity index (χ3v) is 9.20. The summed E-state index contributed by atoms with van der Waals surface area (Å²) in [6, 6.07) is 11.1. The van der Waals surface area contributed by atoms with Gasteiger partial charge in [-0.25, -0.2) is 17.4 Å². The van der Waals surface area contributed by atoms with E-state index in [4.69, 9.17) is 4.98 Å². The van der Waals surface area contributed by atoms with Gasteiger partial charge < -0.3 is 5.11 Å². The molecule has 1 aromatic carbocycles. The van der Waals surface area contributed by atoms with Gasteiger partial charge in [0, 0.05) is 54.7 Å². The number of aliphatic hydroxyl groups is 1. The fourth-order valence-electron chi connectivity index (χ4n) is 5.67. The largest absolute Gasteiger partial charge is 0.395 e. The number of hydrogen-bond acceptors (Lipinski definition) is 6. The summed E-state index contributed by atoms with van der Waals surface area (Å²) >= 11 is 0. The second-order valence-electron chi connectivity index (χ2n) is 9.96. The average Bonchev–Trinajstić information content (AvgIpc) is 3.52. The molecule has 0 saturated heterocycles. The first kappa shape index (κ1) is 25.6. The molecule has 1 saturated carbocycles. The molecule has 196 valence electrons. The first-order valence-electron chi connectivity index (χ1n) is 13.1. The van der Waals surface area contributed by atoms with E-state index in [0.717, 1.165) is 67.3 Å². The molecule has 1 aliphatic rings. The number of pyridine rings is 1. The molecule has 8 nitrogen and oxygen atoms in total. The van der Waals surface area contributed by atoms with Crippen LogP contribution in [0.5, 0.6) is 0 Å². The molecule has 3 aromatic heterocycles. The monoisotopic (exact) mass is 521 g/mol. The normalized spacial score (nSPS) is 18.6. The van der Waals surface area contributed by atoms with Crippen molar-refractivity contribution < 1.29 is 13.5 Å². The maximum Gasteiger partial charge on any atom is 0.269 e. The highest BCUT2D eigenvalue weighted by atomic mass is 32.2. The van der Waals surface area contributed by atoms with E-state index in [9.17, 15) is 13.5 Å². The molecule has 0 aliphatic heterocycles. The zero-order valence-corrected chi connectivity index (χ0v) is 22.3. The van der Waals surface area contributed by atoms with Crippen LogP contribution in [-0.4, -0.2) is 62.9 Å². The van der Waals surface area contributed by atoms with Crippen LogP contribution in [-0.2, 0) is 17.1 Å². The molecule has 0 amide bonds. The van der Waals surface area contributed by atoms with Crippen molar-refractivity contribution in [3.05, 3.63) is 66.7 Å². The van der Waals surface area contributed by atoms with Crippen LogP contribution in [0, 0.1) is 0 Å². The summed E-state index contributed by atoms with van der Waals surface area (Å²) in [5.41, 5.74) is 3.24. The topological polar surface area (TPSA) is 93.2 Å². The Bertz CT molecular complexity index is 1450. The van der Waals surface area contributed by atoms with E-state index in [0.29, 0.717) is 17.6 Å². The fourth-order valence-corrected chi connectivity index (χ4v) is 7.01. The zero-order chi connectivity index (χ0) is 26.0. The van der Waals surface area contributed by atoms with Gasteiger partial charge in [-0.3, -0.25) is 9.58 Å². The van der Waals surface area contributed by atoms with E-state index in [1.54, 1.807) is 47.4 Å². The Morgan fingerprint density at radius 1 is 1.05 bits per heavy atom. The van der Waals surface area contributed by atoms with Gasteiger partial charge in [0.1, 0.15) is 0 Å². The van der Waals surface area contributed by atoms with Crippen molar-refractivity contribution >= 4 is 21.1 Å².